The van der Waals surface area contributed by atoms with Crippen molar-refractivity contribution in [2.45, 2.75) is 32.6 Å². The molecule has 0 aliphatic carbocycles. The van der Waals surface area contributed by atoms with Gasteiger partial charge in [0, 0.05) is 12.5 Å². The number of hydrogen-bond acceptors (Lipinski definition) is 3. The second-order valence-corrected chi connectivity index (χ2v) is 4.76. The van der Waals surface area contributed by atoms with Crippen molar-refractivity contribution in [1.82, 2.24) is 9.78 Å². The Morgan fingerprint density at radius 2 is 2.13 bits per heavy atom. The van der Waals surface area contributed by atoms with Crippen LogP contribution < -0.4 is 10.5 Å². The van der Waals surface area contributed by atoms with Gasteiger partial charge in [-0.1, -0.05) is 20.8 Å². The van der Waals surface area contributed by atoms with E-state index < -0.39 is 0 Å². The minimum atomic E-state index is 0.0132. The van der Waals surface area contributed by atoms with Crippen LogP contribution >= 0.6 is 0 Å². The highest BCUT2D eigenvalue weighted by molar-refractivity contribution is 5.30. The highest BCUT2D eigenvalue weighted by Crippen LogP contribution is 2.29. The van der Waals surface area contributed by atoms with E-state index in [4.69, 9.17) is 10.5 Å². The molecule has 0 aliphatic rings. The predicted octanol–water partition coefficient (Wildman–Crippen LogP) is 1.45. The standard InChI is InChI=1S/C11H21N3O/c1-11(2,3)10-9(8-14(4)13-10)15-7-5-6-12/h8H,5-7,12H2,1-4H3. The molecule has 0 unspecified atom stereocenters. The van der Waals surface area contributed by atoms with Crippen LogP contribution in [0, 0.1) is 0 Å². The maximum Gasteiger partial charge on any atom is 0.160 e. The topological polar surface area (TPSA) is 53.1 Å². The third-order valence-electron chi connectivity index (χ3n) is 2.11. The molecule has 1 rings (SSSR count). The van der Waals surface area contributed by atoms with E-state index >= 15 is 0 Å². The Balaban J connectivity index is 2.78. The van der Waals surface area contributed by atoms with Gasteiger partial charge in [-0.15, -0.1) is 0 Å². The van der Waals surface area contributed by atoms with Crippen LogP contribution in [-0.4, -0.2) is 22.9 Å². The largest absolute Gasteiger partial charge is 0.490 e. The van der Waals surface area contributed by atoms with Gasteiger partial charge in [0.05, 0.1) is 12.8 Å². The van der Waals surface area contributed by atoms with Crippen LogP contribution in [0.5, 0.6) is 5.75 Å². The first-order valence-corrected chi connectivity index (χ1v) is 5.32. The lowest BCUT2D eigenvalue weighted by molar-refractivity contribution is 0.304. The van der Waals surface area contributed by atoms with Crippen molar-refractivity contribution in [3.63, 3.8) is 0 Å². The zero-order valence-electron chi connectivity index (χ0n) is 10.1. The van der Waals surface area contributed by atoms with Gasteiger partial charge in [-0.2, -0.15) is 5.10 Å². The highest BCUT2D eigenvalue weighted by Gasteiger charge is 2.22. The molecule has 1 aromatic heterocycles. The molecule has 1 aromatic rings. The molecule has 0 aromatic carbocycles. The molecule has 0 bridgehead atoms. The Hall–Kier alpha value is -1.03. The highest BCUT2D eigenvalue weighted by atomic mass is 16.5. The molecule has 0 fully saturated rings. The third-order valence-corrected chi connectivity index (χ3v) is 2.11. The average molecular weight is 211 g/mol. The maximum atomic E-state index is 5.66. The summed E-state index contributed by atoms with van der Waals surface area (Å²) in [7, 11) is 1.91. The molecule has 0 saturated heterocycles. The van der Waals surface area contributed by atoms with E-state index in [1.807, 2.05) is 13.2 Å². The lowest BCUT2D eigenvalue weighted by atomic mass is 9.92. The molecule has 0 radical (unpaired) electrons. The molecule has 86 valence electrons. The van der Waals surface area contributed by atoms with Gasteiger partial charge in [-0.3, -0.25) is 4.68 Å². The van der Waals surface area contributed by atoms with Gasteiger partial charge in [-0.25, -0.2) is 0 Å². The third kappa shape index (κ3) is 3.23. The van der Waals surface area contributed by atoms with E-state index in [9.17, 15) is 0 Å². The summed E-state index contributed by atoms with van der Waals surface area (Å²) in [4.78, 5) is 0. The molecular weight excluding hydrogens is 190 g/mol. The molecule has 0 amide bonds. The molecule has 0 aliphatic heterocycles. The fraction of sp³-hybridized carbons (Fsp3) is 0.727. The molecule has 1 heterocycles. The van der Waals surface area contributed by atoms with E-state index in [-0.39, 0.29) is 5.41 Å². The Labute approximate surface area is 91.4 Å². The minimum Gasteiger partial charge on any atom is -0.490 e. The Morgan fingerprint density at radius 3 is 2.67 bits per heavy atom. The Kier molecular flexibility index (Phi) is 3.74. The number of nitrogens with zero attached hydrogens (tertiary/aromatic N) is 2. The van der Waals surface area contributed by atoms with Crippen LogP contribution in [0.2, 0.25) is 0 Å². The smallest absolute Gasteiger partial charge is 0.160 e. The fourth-order valence-electron chi connectivity index (χ4n) is 1.36. The lowest BCUT2D eigenvalue weighted by Crippen LogP contribution is -2.15. The van der Waals surface area contributed by atoms with E-state index in [1.54, 1.807) is 4.68 Å². The average Bonchev–Trinajstić information content (AvgIpc) is 2.47. The van der Waals surface area contributed by atoms with Crippen molar-refractivity contribution in [1.29, 1.82) is 0 Å². The predicted molar refractivity (Wildman–Crippen MR) is 61.1 cm³/mol. The monoisotopic (exact) mass is 211 g/mol. The van der Waals surface area contributed by atoms with Gasteiger partial charge in [0.1, 0.15) is 5.69 Å². The summed E-state index contributed by atoms with van der Waals surface area (Å²) in [5, 5.41) is 4.42. The van der Waals surface area contributed by atoms with Gasteiger partial charge >= 0.3 is 0 Å². The molecular formula is C11H21N3O. The van der Waals surface area contributed by atoms with E-state index in [0.29, 0.717) is 13.2 Å². The van der Waals surface area contributed by atoms with Crippen molar-refractivity contribution in [2.24, 2.45) is 12.8 Å². The molecule has 2 N–H and O–H groups in total. The summed E-state index contributed by atoms with van der Waals surface area (Å²) in [6, 6.07) is 0. The number of aryl methyl sites for hydroxylation is 1. The van der Waals surface area contributed by atoms with Gasteiger partial charge in [0.15, 0.2) is 5.75 Å². The first kappa shape index (κ1) is 12.0. The zero-order chi connectivity index (χ0) is 11.5. The second kappa shape index (κ2) is 4.66. The second-order valence-electron chi connectivity index (χ2n) is 4.76. The summed E-state index contributed by atoms with van der Waals surface area (Å²) in [5.41, 5.74) is 6.44. The van der Waals surface area contributed by atoms with Crippen LogP contribution in [0.3, 0.4) is 0 Å². The van der Waals surface area contributed by atoms with Crippen molar-refractivity contribution < 1.29 is 4.74 Å². The van der Waals surface area contributed by atoms with Gasteiger partial charge < -0.3 is 10.5 Å². The van der Waals surface area contributed by atoms with Gasteiger partial charge in [-0.05, 0) is 13.0 Å². The fourth-order valence-corrected chi connectivity index (χ4v) is 1.36. The molecule has 4 heteroatoms. The Bertz CT molecular complexity index is 312. The Morgan fingerprint density at radius 1 is 1.47 bits per heavy atom. The first-order valence-electron chi connectivity index (χ1n) is 5.32. The number of nitrogens with two attached hydrogens (primary N) is 1. The van der Waals surface area contributed by atoms with Crippen LogP contribution in [0.1, 0.15) is 32.9 Å². The van der Waals surface area contributed by atoms with E-state index in [0.717, 1.165) is 17.9 Å². The summed E-state index contributed by atoms with van der Waals surface area (Å²) in [6.07, 6.45) is 2.79. The summed E-state index contributed by atoms with van der Waals surface area (Å²) in [6.45, 7) is 7.71. The maximum absolute atomic E-state index is 5.66. The van der Waals surface area contributed by atoms with E-state index in [2.05, 4.69) is 25.9 Å². The zero-order valence-corrected chi connectivity index (χ0v) is 10.1. The molecule has 0 spiro atoms. The quantitative estimate of drug-likeness (QED) is 0.767. The number of aromatic nitrogens is 2. The molecule has 0 atom stereocenters. The van der Waals surface area contributed by atoms with Gasteiger partial charge in [0.25, 0.3) is 0 Å². The van der Waals surface area contributed by atoms with Gasteiger partial charge in [0.2, 0.25) is 0 Å². The van der Waals surface area contributed by atoms with Crippen molar-refractivity contribution in [2.75, 3.05) is 13.2 Å². The minimum absolute atomic E-state index is 0.0132. The molecule has 15 heavy (non-hydrogen) atoms. The molecule has 0 saturated carbocycles. The van der Waals surface area contributed by atoms with Crippen molar-refractivity contribution in [3.05, 3.63) is 11.9 Å². The number of ether oxygens (including phenoxy) is 1. The van der Waals surface area contributed by atoms with E-state index in [1.165, 1.54) is 0 Å². The van der Waals surface area contributed by atoms with Crippen molar-refractivity contribution in [3.8, 4) is 5.75 Å². The number of rotatable bonds is 4. The summed E-state index contributed by atoms with van der Waals surface area (Å²) in [5.74, 6) is 0.874. The molecule has 4 nitrogen and oxygen atoms in total. The summed E-state index contributed by atoms with van der Waals surface area (Å²) >= 11 is 0. The van der Waals surface area contributed by atoms with Crippen LogP contribution in [-0.2, 0) is 12.5 Å². The van der Waals surface area contributed by atoms with Crippen LogP contribution in [0.4, 0.5) is 0 Å². The summed E-state index contributed by atoms with van der Waals surface area (Å²) < 4.78 is 7.45. The SMILES string of the molecule is Cn1cc(OCCCN)c(C(C)(C)C)n1. The lowest BCUT2D eigenvalue weighted by Gasteiger charge is -2.17. The van der Waals surface area contributed by atoms with Crippen LogP contribution in [0.15, 0.2) is 6.20 Å². The normalized spacial score (nSPS) is 11.8. The number of hydrogen-bond donors (Lipinski definition) is 1. The van der Waals surface area contributed by atoms with Crippen molar-refractivity contribution >= 4 is 0 Å². The first-order chi connectivity index (χ1) is 6.95. The van der Waals surface area contributed by atoms with Crippen LogP contribution in [0.25, 0.3) is 0 Å².